The van der Waals surface area contributed by atoms with Crippen LogP contribution in [0.25, 0.3) is 0 Å². The Morgan fingerprint density at radius 3 is 2.65 bits per heavy atom. The summed E-state index contributed by atoms with van der Waals surface area (Å²) < 4.78 is 25.2. The Balaban J connectivity index is 2.28. The van der Waals surface area contributed by atoms with Crippen LogP contribution < -0.4 is 14.8 Å². The lowest BCUT2D eigenvalue weighted by Crippen LogP contribution is -2.08. The number of halogens is 1. The first kappa shape index (κ1) is 14.3. The molecule has 1 aromatic carbocycles. The van der Waals surface area contributed by atoms with Crippen molar-refractivity contribution in [2.45, 2.75) is 13.5 Å². The molecule has 0 amide bonds. The maximum atomic E-state index is 14.2. The van der Waals surface area contributed by atoms with Crippen molar-refractivity contribution in [3.05, 3.63) is 47.9 Å². The molecule has 0 aliphatic rings. The third kappa shape index (κ3) is 3.24. The van der Waals surface area contributed by atoms with E-state index < -0.39 is 5.82 Å². The summed E-state index contributed by atoms with van der Waals surface area (Å²) in [4.78, 5) is 3.94. The first-order chi connectivity index (χ1) is 9.76. The van der Waals surface area contributed by atoms with E-state index in [4.69, 9.17) is 9.47 Å². The third-order valence-electron chi connectivity index (χ3n) is 2.66. The average molecular weight is 276 g/mol. The Morgan fingerprint density at radius 1 is 1.20 bits per heavy atom. The van der Waals surface area contributed by atoms with Gasteiger partial charge in [0.15, 0.2) is 17.3 Å². The van der Waals surface area contributed by atoms with E-state index in [1.165, 1.54) is 6.20 Å². The maximum absolute atomic E-state index is 14.2. The number of rotatable bonds is 6. The van der Waals surface area contributed by atoms with E-state index in [2.05, 4.69) is 10.3 Å². The molecule has 20 heavy (non-hydrogen) atoms. The highest BCUT2D eigenvalue weighted by molar-refractivity contribution is 5.42. The van der Waals surface area contributed by atoms with Gasteiger partial charge in [0.1, 0.15) is 0 Å². The second-order valence-electron chi connectivity index (χ2n) is 4.10. The van der Waals surface area contributed by atoms with Crippen molar-refractivity contribution >= 4 is 0 Å². The maximum Gasteiger partial charge on any atom is 0.256 e. The van der Waals surface area contributed by atoms with Gasteiger partial charge in [-0.2, -0.15) is 0 Å². The lowest BCUT2D eigenvalue weighted by Gasteiger charge is -2.12. The number of nitrogens with one attached hydrogen (secondary N) is 1. The van der Waals surface area contributed by atoms with E-state index in [1.54, 1.807) is 31.3 Å². The quantitative estimate of drug-likeness (QED) is 0.880. The van der Waals surface area contributed by atoms with Crippen molar-refractivity contribution in [3.63, 3.8) is 0 Å². The molecule has 0 saturated heterocycles. The number of pyridine rings is 1. The summed E-state index contributed by atoms with van der Waals surface area (Å²) in [6, 6.07) is 8.74. The van der Waals surface area contributed by atoms with Crippen molar-refractivity contribution < 1.29 is 13.9 Å². The molecule has 0 spiro atoms. The molecule has 4 nitrogen and oxygen atoms in total. The number of ether oxygens (including phenoxy) is 2. The predicted molar refractivity (Wildman–Crippen MR) is 74.6 cm³/mol. The van der Waals surface area contributed by atoms with Gasteiger partial charge in [-0.25, -0.2) is 9.37 Å². The van der Waals surface area contributed by atoms with Crippen LogP contribution in [0.4, 0.5) is 4.39 Å². The van der Waals surface area contributed by atoms with Crippen LogP contribution in [0.2, 0.25) is 0 Å². The van der Waals surface area contributed by atoms with Gasteiger partial charge in [-0.1, -0.05) is 12.1 Å². The second-order valence-corrected chi connectivity index (χ2v) is 4.10. The molecule has 0 aliphatic carbocycles. The van der Waals surface area contributed by atoms with Crippen LogP contribution in [0.3, 0.4) is 0 Å². The summed E-state index contributed by atoms with van der Waals surface area (Å²) in [5.74, 6) is 0.496. The highest BCUT2D eigenvalue weighted by Crippen LogP contribution is 2.32. The standard InChI is InChI=1S/C15H17FN2O2/c1-3-19-12-6-4-5-7-13(12)20-15-14(16)11(10-17-2)8-9-18-15/h4-9,17H,3,10H2,1-2H3. The smallest absolute Gasteiger partial charge is 0.256 e. The van der Waals surface area contributed by atoms with Gasteiger partial charge >= 0.3 is 0 Å². The molecule has 1 heterocycles. The van der Waals surface area contributed by atoms with E-state index in [0.29, 0.717) is 30.2 Å². The van der Waals surface area contributed by atoms with Crippen LogP contribution >= 0.6 is 0 Å². The van der Waals surface area contributed by atoms with E-state index in [1.807, 2.05) is 13.0 Å². The van der Waals surface area contributed by atoms with Crippen LogP contribution in [0, 0.1) is 5.82 Å². The van der Waals surface area contributed by atoms with Crippen molar-refractivity contribution in [1.29, 1.82) is 0 Å². The van der Waals surface area contributed by atoms with Gasteiger partial charge in [0.25, 0.3) is 5.88 Å². The Labute approximate surface area is 117 Å². The van der Waals surface area contributed by atoms with Crippen LogP contribution in [0.15, 0.2) is 36.5 Å². The van der Waals surface area contributed by atoms with Gasteiger partial charge in [0.05, 0.1) is 6.61 Å². The summed E-state index contributed by atoms with van der Waals surface area (Å²) in [5.41, 5.74) is 0.506. The average Bonchev–Trinajstić information content (AvgIpc) is 2.46. The number of benzene rings is 1. The third-order valence-corrected chi connectivity index (χ3v) is 2.66. The lowest BCUT2D eigenvalue weighted by atomic mass is 10.2. The molecule has 1 aromatic heterocycles. The molecule has 1 N–H and O–H groups in total. The lowest BCUT2D eigenvalue weighted by molar-refractivity contribution is 0.315. The summed E-state index contributed by atoms with van der Waals surface area (Å²) in [7, 11) is 1.75. The molecule has 106 valence electrons. The summed E-state index contributed by atoms with van der Waals surface area (Å²) >= 11 is 0. The van der Waals surface area contributed by atoms with Crippen molar-refractivity contribution in [2.24, 2.45) is 0 Å². The van der Waals surface area contributed by atoms with Crippen molar-refractivity contribution in [3.8, 4) is 17.4 Å². The molecule has 0 atom stereocenters. The van der Waals surface area contributed by atoms with Crippen molar-refractivity contribution in [2.75, 3.05) is 13.7 Å². The molecule has 2 aromatic rings. The van der Waals surface area contributed by atoms with E-state index in [-0.39, 0.29) is 5.88 Å². The number of nitrogens with zero attached hydrogens (tertiary/aromatic N) is 1. The zero-order valence-electron chi connectivity index (χ0n) is 11.5. The molecule has 5 heteroatoms. The Bertz CT molecular complexity index is 576. The van der Waals surface area contributed by atoms with Gasteiger partial charge in [-0.3, -0.25) is 0 Å². The fourth-order valence-corrected chi connectivity index (χ4v) is 1.77. The largest absolute Gasteiger partial charge is 0.490 e. The number of hydrogen-bond acceptors (Lipinski definition) is 4. The minimum absolute atomic E-state index is 0.0510. The van der Waals surface area contributed by atoms with Crippen LogP contribution in [0.1, 0.15) is 12.5 Å². The molecular formula is C15H17FN2O2. The van der Waals surface area contributed by atoms with Gasteiger partial charge in [-0.15, -0.1) is 0 Å². The minimum Gasteiger partial charge on any atom is -0.490 e. The van der Waals surface area contributed by atoms with Crippen LogP contribution in [0.5, 0.6) is 17.4 Å². The first-order valence-electron chi connectivity index (χ1n) is 6.44. The summed E-state index contributed by atoms with van der Waals surface area (Å²) in [6.07, 6.45) is 1.52. The van der Waals surface area contributed by atoms with Crippen LogP contribution in [-0.2, 0) is 6.54 Å². The Kier molecular flexibility index (Phi) is 4.90. The minimum atomic E-state index is -0.465. The second kappa shape index (κ2) is 6.86. The Morgan fingerprint density at radius 2 is 1.95 bits per heavy atom. The SMILES string of the molecule is CCOc1ccccc1Oc1nccc(CNC)c1F. The predicted octanol–water partition coefficient (Wildman–Crippen LogP) is 3.13. The number of para-hydroxylation sites is 2. The zero-order valence-corrected chi connectivity index (χ0v) is 11.5. The van der Waals surface area contributed by atoms with Crippen molar-refractivity contribution in [1.82, 2.24) is 10.3 Å². The molecule has 0 radical (unpaired) electrons. The summed E-state index contributed by atoms with van der Waals surface area (Å²) in [6.45, 7) is 2.80. The van der Waals surface area contributed by atoms with E-state index in [0.717, 1.165) is 0 Å². The molecule has 0 unspecified atom stereocenters. The van der Waals surface area contributed by atoms with E-state index >= 15 is 0 Å². The highest BCUT2D eigenvalue weighted by Gasteiger charge is 2.13. The molecule has 0 fully saturated rings. The number of hydrogen-bond donors (Lipinski definition) is 1. The first-order valence-corrected chi connectivity index (χ1v) is 6.44. The fourth-order valence-electron chi connectivity index (χ4n) is 1.77. The zero-order chi connectivity index (χ0) is 14.4. The fraction of sp³-hybridized carbons (Fsp3) is 0.267. The molecular weight excluding hydrogens is 259 g/mol. The topological polar surface area (TPSA) is 43.4 Å². The normalized spacial score (nSPS) is 10.3. The van der Waals surface area contributed by atoms with E-state index in [9.17, 15) is 4.39 Å². The van der Waals surface area contributed by atoms with Gasteiger partial charge < -0.3 is 14.8 Å². The van der Waals surface area contributed by atoms with Gasteiger partial charge in [0, 0.05) is 18.3 Å². The van der Waals surface area contributed by atoms with Crippen LogP contribution in [-0.4, -0.2) is 18.6 Å². The van der Waals surface area contributed by atoms with Gasteiger partial charge in [-0.05, 0) is 32.2 Å². The Hall–Kier alpha value is -2.14. The molecule has 0 bridgehead atoms. The monoisotopic (exact) mass is 276 g/mol. The molecule has 0 saturated carbocycles. The summed E-state index contributed by atoms with van der Waals surface area (Å²) in [5, 5.41) is 2.90. The number of aromatic nitrogens is 1. The highest BCUT2D eigenvalue weighted by atomic mass is 19.1. The van der Waals surface area contributed by atoms with Gasteiger partial charge in [0.2, 0.25) is 0 Å². The molecule has 2 rings (SSSR count). The molecule has 0 aliphatic heterocycles.